The van der Waals surface area contributed by atoms with Gasteiger partial charge in [0, 0.05) is 19.0 Å². The fourth-order valence-corrected chi connectivity index (χ4v) is 2.02. The van der Waals surface area contributed by atoms with Crippen molar-refractivity contribution in [3.05, 3.63) is 29.8 Å². The molecule has 1 amide bonds. The summed E-state index contributed by atoms with van der Waals surface area (Å²) >= 11 is 4.95. The van der Waals surface area contributed by atoms with Crippen LogP contribution in [0.4, 0.5) is 0 Å². The van der Waals surface area contributed by atoms with Gasteiger partial charge in [-0.25, -0.2) is 0 Å². The molecule has 0 aliphatic heterocycles. The van der Waals surface area contributed by atoms with Crippen LogP contribution in [0.5, 0.6) is 5.75 Å². The molecule has 0 aliphatic carbocycles. The van der Waals surface area contributed by atoms with Crippen LogP contribution >= 0.6 is 12.2 Å². The maximum Gasteiger partial charge on any atom is 0.226 e. The molecule has 4 nitrogen and oxygen atoms in total. The molecule has 116 valence electrons. The van der Waals surface area contributed by atoms with E-state index >= 15 is 0 Å². The second-order valence-electron chi connectivity index (χ2n) is 5.15. The normalized spacial score (nSPS) is 11.8. The zero-order valence-corrected chi connectivity index (χ0v) is 13.8. The summed E-state index contributed by atoms with van der Waals surface area (Å²) in [4.78, 5) is 14.4. The molecule has 0 bridgehead atoms. The molecule has 1 atom stereocenters. The zero-order valence-electron chi connectivity index (χ0n) is 13.0. The lowest BCUT2D eigenvalue weighted by atomic mass is 10.1. The summed E-state index contributed by atoms with van der Waals surface area (Å²) in [5, 5.41) is 0. The van der Waals surface area contributed by atoms with Crippen LogP contribution in [-0.2, 0) is 4.79 Å². The number of hydrogen-bond donors (Lipinski definition) is 1. The quantitative estimate of drug-likeness (QED) is 0.750. The molecule has 0 fully saturated rings. The first-order chi connectivity index (χ1) is 9.93. The van der Waals surface area contributed by atoms with Gasteiger partial charge in [-0.15, -0.1) is 0 Å². The number of thiocarbonyl (C=S) groups is 1. The third kappa shape index (κ3) is 6.12. The molecule has 0 aromatic heterocycles. The van der Waals surface area contributed by atoms with E-state index < -0.39 is 0 Å². The summed E-state index contributed by atoms with van der Waals surface area (Å²) in [6, 6.07) is 7.80. The van der Waals surface area contributed by atoms with E-state index in [0.717, 1.165) is 11.3 Å². The van der Waals surface area contributed by atoms with E-state index in [1.54, 1.807) is 4.90 Å². The summed E-state index contributed by atoms with van der Waals surface area (Å²) in [6.45, 7) is 7.48. The maximum absolute atomic E-state index is 12.2. The Balaban J connectivity index is 2.42. The molecule has 0 aliphatic rings. The minimum Gasteiger partial charge on any atom is -0.493 e. The van der Waals surface area contributed by atoms with Gasteiger partial charge in [0.15, 0.2) is 0 Å². The van der Waals surface area contributed by atoms with Gasteiger partial charge in [0.2, 0.25) is 5.91 Å². The lowest BCUT2D eigenvalue weighted by molar-refractivity contribution is -0.131. The van der Waals surface area contributed by atoms with E-state index in [9.17, 15) is 4.79 Å². The molecule has 1 aromatic rings. The van der Waals surface area contributed by atoms with Crippen molar-refractivity contribution in [2.75, 3.05) is 19.7 Å². The summed E-state index contributed by atoms with van der Waals surface area (Å²) in [5.74, 6) is 0.886. The molecule has 5 heteroatoms. The largest absolute Gasteiger partial charge is 0.493 e. The molecule has 1 rings (SSSR count). The number of nitrogens with two attached hydrogens (primary N) is 1. The average Bonchev–Trinajstić information content (AvgIpc) is 2.44. The number of carbonyl (C=O) groups excluding carboxylic acids is 1. The molecule has 1 aromatic carbocycles. The fraction of sp³-hybridized carbons (Fsp3) is 0.500. The highest BCUT2D eigenvalue weighted by atomic mass is 32.1. The highest BCUT2D eigenvalue weighted by Gasteiger charge is 2.16. The Kier molecular flexibility index (Phi) is 7.15. The van der Waals surface area contributed by atoms with Crippen molar-refractivity contribution in [3.63, 3.8) is 0 Å². The Bertz CT molecular complexity index is 491. The summed E-state index contributed by atoms with van der Waals surface area (Å²) < 4.78 is 5.61. The molecule has 0 heterocycles. The monoisotopic (exact) mass is 308 g/mol. The Hall–Kier alpha value is -1.62. The van der Waals surface area contributed by atoms with Gasteiger partial charge in [0.05, 0.1) is 18.0 Å². The lowest BCUT2D eigenvalue weighted by Crippen LogP contribution is -2.38. The second kappa shape index (κ2) is 8.62. The van der Waals surface area contributed by atoms with Crippen molar-refractivity contribution in [3.8, 4) is 5.75 Å². The summed E-state index contributed by atoms with van der Waals surface area (Å²) in [7, 11) is 0. The van der Waals surface area contributed by atoms with E-state index in [1.165, 1.54) is 0 Å². The Morgan fingerprint density at radius 1 is 1.48 bits per heavy atom. The summed E-state index contributed by atoms with van der Waals surface area (Å²) in [6.07, 6.45) is 0.353. The lowest BCUT2D eigenvalue weighted by Gasteiger charge is -2.24. The van der Waals surface area contributed by atoms with Gasteiger partial charge < -0.3 is 15.4 Å². The van der Waals surface area contributed by atoms with Crippen LogP contribution < -0.4 is 10.5 Å². The molecule has 0 saturated heterocycles. The molecular formula is C16H24N2O2S. The third-order valence-corrected chi connectivity index (χ3v) is 3.69. The van der Waals surface area contributed by atoms with Crippen LogP contribution in [0.3, 0.4) is 0 Å². The minimum atomic E-state index is 0.0293. The molecular weight excluding hydrogens is 284 g/mol. The van der Waals surface area contributed by atoms with Gasteiger partial charge in [-0.05, 0) is 31.5 Å². The van der Waals surface area contributed by atoms with Crippen molar-refractivity contribution >= 4 is 23.1 Å². The third-order valence-electron chi connectivity index (χ3n) is 3.29. The van der Waals surface area contributed by atoms with Gasteiger partial charge in [-0.3, -0.25) is 4.79 Å². The van der Waals surface area contributed by atoms with Crippen LogP contribution in [-0.4, -0.2) is 35.5 Å². The van der Waals surface area contributed by atoms with Crippen LogP contribution in [0, 0.1) is 12.8 Å². The van der Waals surface area contributed by atoms with E-state index in [2.05, 4.69) is 0 Å². The number of hydrogen-bond acceptors (Lipinski definition) is 3. The molecule has 1 unspecified atom stereocenters. The topological polar surface area (TPSA) is 55.6 Å². The van der Waals surface area contributed by atoms with Crippen LogP contribution in [0.1, 0.15) is 25.8 Å². The van der Waals surface area contributed by atoms with Crippen LogP contribution in [0.15, 0.2) is 24.3 Å². The van der Waals surface area contributed by atoms with Crippen LogP contribution in [0.2, 0.25) is 0 Å². The van der Waals surface area contributed by atoms with E-state index in [4.69, 9.17) is 22.7 Å². The predicted octanol–water partition coefficient (Wildman–Crippen LogP) is 2.53. The summed E-state index contributed by atoms with van der Waals surface area (Å²) in [5.41, 5.74) is 6.74. The molecule has 0 spiro atoms. The molecule has 21 heavy (non-hydrogen) atoms. The standard InChI is InChI=1S/C16H24N2O2S/c1-4-18(11-13(3)16(17)21)15(19)8-9-20-14-7-5-6-12(2)10-14/h5-7,10,13H,4,8-9,11H2,1-3H3,(H2,17,21). The van der Waals surface area contributed by atoms with Crippen molar-refractivity contribution in [2.45, 2.75) is 27.2 Å². The first kappa shape index (κ1) is 17.4. The highest BCUT2D eigenvalue weighted by Crippen LogP contribution is 2.12. The van der Waals surface area contributed by atoms with E-state index in [0.29, 0.717) is 31.1 Å². The van der Waals surface area contributed by atoms with Gasteiger partial charge in [0.1, 0.15) is 5.75 Å². The van der Waals surface area contributed by atoms with Crippen molar-refractivity contribution in [2.24, 2.45) is 11.7 Å². The second-order valence-corrected chi connectivity index (χ2v) is 5.62. The number of benzene rings is 1. The first-order valence-electron chi connectivity index (χ1n) is 7.20. The highest BCUT2D eigenvalue weighted by molar-refractivity contribution is 7.80. The molecule has 2 N–H and O–H groups in total. The van der Waals surface area contributed by atoms with Crippen LogP contribution in [0.25, 0.3) is 0 Å². The maximum atomic E-state index is 12.2. The van der Waals surface area contributed by atoms with Gasteiger partial charge in [0.25, 0.3) is 0 Å². The number of ether oxygens (including phenoxy) is 1. The average molecular weight is 308 g/mol. The first-order valence-corrected chi connectivity index (χ1v) is 7.61. The van der Waals surface area contributed by atoms with Crippen molar-refractivity contribution in [1.29, 1.82) is 0 Å². The van der Waals surface area contributed by atoms with Crippen molar-refractivity contribution in [1.82, 2.24) is 4.90 Å². The van der Waals surface area contributed by atoms with E-state index in [-0.39, 0.29) is 11.8 Å². The number of carbonyl (C=O) groups is 1. The van der Waals surface area contributed by atoms with Crippen molar-refractivity contribution < 1.29 is 9.53 Å². The molecule has 0 radical (unpaired) electrons. The smallest absolute Gasteiger partial charge is 0.226 e. The predicted molar refractivity (Wildman–Crippen MR) is 89.5 cm³/mol. The Morgan fingerprint density at radius 3 is 2.76 bits per heavy atom. The Labute approximate surface area is 132 Å². The number of rotatable bonds is 8. The minimum absolute atomic E-state index is 0.0293. The number of aryl methyl sites for hydroxylation is 1. The Morgan fingerprint density at radius 2 is 2.19 bits per heavy atom. The van der Waals surface area contributed by atoms with Gasteiger partial charge in [-0.1, -0.05) is 31.3 Å². The number of amides is 1. The van der Waals surface area contributed by atoms with E-state index in [1.807, 2.05) is 45.0 Å². The molecule has 0 saturated carbocycles. The zero-order chi connectivity index (χ0) is 15.8. The SMILES string of the molecule is CCN(CC(C)C(N)=S)C(=O)CCOc1cccc(C)c1. The van der Waals surface area contributed by atoms with Gasteiger partial charge >= 0.3 is 0 Å². The fourth-order valence-electron chi connectivity index (χ4n) is 1.95. The van der Waals surface area contributed by atoms with Gasteiger partial charge in [-0.2, -0.15) is 0 Å². The number of nitrogens with zero attached hydrogens (tertiary/aromatic N) is 1.